The van der Waals surface area contributed by atoms with Crippen LogP contribution in [0.4, 0.5) is 18.0 Å². The Hall–Kier alpha value is -2.25. The largest absolute Gasteiger partial charge is 0.444 e. The molecule has 1 aromatic carbocycles. The Labute approximate surface area is 156 Å². The van der Waals surface area contributed by atoms with Crippen LogP contribution in [0.5, 0.6) is 0 Å². The molecule has 0 spiro atoms. The van der Waals surface area contributed by atoms with E-state index in [4.69, 9.17) is 4.74 Å². The summed E-state index contributed by atoms with van der Waals surface area (Å²) in [5.41, 5.74) is -0.992. The molecule has 1 heterocycles. The van der Waals surface area contributed by atoms with Gasteiger partial charge in [0.05, 0.1) is 17.5 Å². The third kappa shape index (κ3) is 5.87. The number of likely N-dealkylation sites (tertiary alicyclic amines) is 1. The van der Waals surface area contributed by atoms with Gasteiger partial charge < -0.3 is 15.0 Å². The fourth-order valence-electron chi connectivity index (χ4n) is 2.87. The van der Waals surface area contributed by atoms with Gasteiger partial charge in [0, 0.05) is 13.1 Å². The molecule has 8 heteroatoms. The molecule has 0 aliphatic carbocycles. The Morgan fingerprint density at radius 3 is 2.52 bits per heavy atom. The second-order valence-electron chi connectivity index (χ2n) is 7.77. The summed E-state index contributed by atoms with van der Waals surface area (Å²) in [4.78, 5) is 26.0. The quantitative estimate of drug-likeness (QED) is 0.849. The molecule has 27 heavy (non-hydrogen) atoms. The van der Waals surface area contributed by atoms with E-state index in [1.54, 1.807) is 33.8 Å². The third-order valence-electron chi connectivity index (χ3n) is 4.28. The van der Waals surface area contributed by atoms with Crippen LogP contribution in [0.1, 0.15) is 51.3 Å². The highest BCUT2D eigenvalue weighted by atomic mass is 19.4. The molecule has 0 bridgehead atoms. The van der Waals surface area contributed by atoms with E-state index in [9.17, 15) is 22.8 Å². The van der Waals surface area contributed by atoms with Crippen LogP contribution < -0.4 is 5.32 Å². The maximum absolute atomic E-state index is 12.8. The van der Waals surface area contributed by atoms with Crippen molar-refractivity contribution in [3.63, 3.8) is 0 Å². The molecule has 0 aromatic heterocycles. The van der Waals surface area contributed by atoms with E-state index in [0.29, 0.717) is 18.5 Å². The van der Waals surface area contributed by atoms with E-state index in [1.807, 2.05) is 0 Å². The van der Waals surface area contributed by atoms with Crippen LogP contribution in [0.3, 0.4) is 0 Å². The van der Waals surface area contributed by atoms with Crippen LogP contribution in [-0.2, 0) is 15.7 Å². The molecule has 5 nitrogen and oxygen atoms in total. The molecule has 2 amide bonds. The molecule has 150 valence electrons. The van der Waals surface area contributed by atoms with Crippen molar-refractivity contribution < 1.29 is 27.5 Å². The number of benzene rings is 1. The molecule has 1 aromatic rings. The number of hydrogen-bond acceptors (Lipinski definition) is 3. The van der Waals surface area contributed by atoms with Gasteiger partial charge in [0.1, 0.15) is 5.60 Å². The van der Waals surface area contributed by atoms with Gasteiger partial charge in [-0.25, -0.2) is 4.79 Å². The Bertz CT molecular complexity index is 698. The number of nitrogens with zero attached hydrogens (tertiary/aromatic N) is 1. The maximum atomic E-state index is 12.8. The van der Waals surface area contributed by atoms with Crippen molar-refractivity contribution in [2.24, 2.45) is 5.92 Å². The van der Waals surface area contributed by atoms with E-state index >= 15 is 0 Å². The van der Waals surface area contributed by atoms with Crippen LogP contribution >= 0.6 is 0 Å². The third-order valence-corrected chi connectivity index (χ3v) is 4.28. The van der Waals surface area contributed by atoms with E-state index in [1.165, 1.54) is 11.0 Å². The lowest BCUT2D eigenvalue weighted by Gasteiger charge is -2.24. The fraction of sp³-hybridized carbons (Fsp3) is 0.579. The monoisotopic (exact) mass is 386 g/mol. The lowest BCUT2D eigenvalue weighted by atomic mass is 10.0. The highest BCUT2D eigenvalue weighted by molar-refractivity contribution is 5.81. The van der Waals surface area contributed by atoms with Crippen molar-refractivity contribution in [3.05, 3.63) is 35.4 Å². The molecular weight excluding hydrogens is 361 g/mol. The molecule has 1 aliphatic heterocycles. The standard InChI is InChI=1S/C19H25F3N2O3/c1-12(13-6-5-7-15(10-13)19(20,21)22)23-16(25)14-8-9-24(11-14)17(26)27-18(2,3)4/h5-7,10,12,14H,8-9,11H2,1-4H3,(H,23,25). The van der Waals surface area contributed by atoms with Gasteiger partial charge in [-0.2, -0.15) is 13.2 Å². The minimum atomic E-state index is -4.43. The number of carbonyl (C=O) groups is 2. The Morgan fingerprint density at radius 1 is 1.26 bits per heavy atom. The summed E-state index contributed by atoms with van der Waals surface area (Å²) in [6, 6.07) is 4.32. The van der Waals surface area contributed by atoms with Crippen molar-refractivity contribution in [1.29, 1.82) is 0 Å². The number of rotatable bonds is 3. The molecule has 0 radical (unpaired) electrons. The molecule has 1 aliphatic rings. The minimum absolute atomic E-state index is 0.232. The van der Waals surface area contributed by atoms with Gasteiger partial charge >= 0.3 is 12.3 Å². The molecular formula is C19H25F3N2O3. The van der Waals surface area contributed by atoms with Gasteiger partial charge in [0.2, 0.25) is 5.91 Å². The summed E-state index contributed by atoms with van der Waals surface area (Å²) < 4.78 is 43.8. The van der Waals surface area contributed by atoms with Crippen LogP contribution in [-0.4, -0.2) is 35.6 Å². The van der Waals surface area contributed by atoms with Crippen LogP contribution in [0, 0.1) is 5.92 Å². The topological polar surface area (TPSA) is 58.6 Å². The minimum Gasteiger partial charge on any atom is -0.444 e. The molecule has 2 atom stereocenters. The smallest absolute Gasteiger partial charge is 0.416 e. The number of nitrogens with one attached hydrogen (secondary N) is 1. The van der Waals surface area contributed by atoms with Crippen molar-refractivity contribution >= 4 is 12.0 Å². The first kappa shape index (κ1) is 21.1. The van der Waals surface area contributed by atoms with Gasteiger partial charge in [-0.05, 0) is 51.8 Å². The SMILES string of the molecule is CC(NC(=O)C1CCN(C(=O)OC(C)(C)C)C1)c1cccc(C(F)(F)F)c1. The van der Waals surface area contributed by atoms with Gasteiger partial charge in [-0.3, -0.25) is 4.79 Å². The zero-order valence-corrected chi connectivity index (χ0v) is 15.9. The Kier molecular flexibility index (Phi) is 6.07. The molecule has 1 saturated heterocycles. The summed E-state index contributed by atoms with van der Waals surface area (Å²) in [5, 5.41) is 2.74. The highest BCUT2D eigenvalue weighted by Crippen LogP contribution is 2.31. The highest BCUT2D eigenvalue weighted by Gasteiger charge is 2.34. The average Bonchev–Trinajstić information content (AvgIpc) is 3.03. The molecule has 2 rings (SSSR count). The fourth-order valence-corrected chi connectivity index (χ4v) is 2.87. The molecule has 0 saturated carbocycles. The second kappa shape index (κ2) is 7.78. The number of hydrogen-bond donors (Lipinski definition) is 1. The van der Waals surface area contributed by atoms with E-state index in [-0.39, 0.29) is 12.5 Å². The molecule has 1 fully saturated rings. The number of alkyl halides is 3. The predicted molar refractivity (Wildman–Crippen MR) is 93.9 cm³/mol. The summed E-state index contributed by atoms with van der Waals surface area (Å²) in [7, 11) is 0. The lowest BCUT2D eigenvalue weighted by Crippen LogP contribution is -2.38. The van der Waals surface area contributed by atoms with Crippen molar-refractivity contribution in [2.75, 3.05) is 13.1 Å². The van der Waals surface area contributed by atoms with Crippen molar-refractivity contribution in [2.45, 2.75) is 51.9 Å². The Morgan fingerprint density at radius 2 is 1.93 bits per heavy atom. The average molecular weight is 386 g/mol. The van der Waals surface area contributed by atoms with Crippen molar-refractivity contribution in [1.82, 2.24) is 10.2 Å². The van der Waals surface area contributed by atoms with Gasteiger partial charge in [-0.15, -0.1) is 0 Å². The van der Waals surface area contributed by atoms with Crippen LogP contribution in [0.25, 0.3) is 0 Å². The first-order valence-corrected chi connectivity index (χ1v) is 8.82. The van der Waals surface area contributed by atoms with Gasteiger partial charge in [0.25, 0.3) is 0 Å². The predicted octanol–water partition coefficient (Wildman–Crippen LogP) is 4.14. The summed E-state index contributed by atoms with van der Waals surface area (Å²) >= 11 is 0. The van der Waals surface area contributed by atoms with Gasteiger partial charge in [-0.1, -0.05) is 12.1 Å². The second-order valence-corrected chi connectivity index (χ2v) is 7.77. The zero-order chi connectivity index (χ0) is 20.4. The summed E-state index contributed by atoms with van der Waals surface area (Å²) in [5.74, 6) is -0.697. The molecule has 2 unspecified atom stereocenters. The number of amides is 2. The van der Waals surface area contributed by atoms with E-state index in [0.717, 1.165) is 12.1 Å². The maximum Gasteiger partial charge on any atom is 0.416 e. The lowest BCUT2D eigenvalue weighted by molar-refractivity contribution is -0.137. The van der Waals surface area contributed by atoms with Crippen molar-refractivity contribution in [3.8, 4) is 0 Å². The van der Waals surface area contributed by atoms with E-state index < -0.39 is 35.4 Å². The molecule has 1 N–H and O–H groups in total. The van der Waals surface area contributed by atoms with Crippen LogP contribution in [0.15, 0.2) is 24.3 Å². The normalized spacial score (nSPS) is 18.9. The zero-order valence-electron chi connectivity index (χ0n) is 15.9. The first-order chi connectivity index (χ1) is 12.4. The number of halogens is 3. The first-order valence-electron chi connectivity index (χ1n) is 8.82. The van der Waals surface area contributed by atoms with E-state index in [2.05, 4.69) is 5.32 Å². The Balaban J connectivity index is 1.95. The number of carbonyl (C=O) groups excluding carboxylic acids is 2. The van der Waals surface area contributed by atoms with Gasteiger partial charge in [0.15, 0.2) is 0 Å². The van der Waals surface area contributed by atoms with Crippen LogP contribution in [0.2, 0.25) is 0 Å². The summed E-state index contributed by atoms with van der Waals surface area (Å²) in [6.45, 7) is 7.57. The number of ether oxygens (including phenoxy) is 1. The summed E-state index contributed by atoms with van der Waals surface area (Å²) in [6.07, 6.45) is -4.41.